The van der Waals surface area contributed by atoms with Crippen molar-refractivity contribution in [3.05, 3.63) is 82.7 Å². The molecule has 1 atom stereocenters. The van der Waals surface area contributed by atoms with E-state index in [1.54, 1.807) is 16.9 Å². The largest absolute Gasteiger partial charge is 0.489 e. The first-order chi connectivity index (χ1) is 33.2. The maximum atomic E-state index is 14.7. The molecule has 3 aromatic carbocycles. The number of imide groups is 1. The number of para-hydroxylation sites is 3. The molecule has 23 heteroatoms. The van der Waals surface area contributed by atoms with Gasteiger partial charge in [-0.2, -0.15) is 0 Å². The number of terminal acetylenes is 1. The molecule has 0 bridgehead atoms. The summed E-state index contributed by atoms with van der Waals surface area (Å²) >= 11 is 16.9. The number of benzene rings is 3. The fraction of sp³-hybridized carbons (Fsp3) is 0.404. The van der Waals surface area contributed by atoms with Gasteiger partial charge in [0.2, 0.25) is 5.91 Å². The van der Waals surface area contributed by atoms with Crippen molar-refractivity contribution in [3.8, 4) is 23.8 Å². The number of carbonyl (C=O) groups excluding carboxylic acids is 5. The van der Waals surface area contributed by atoms with Crippen LogP contribution in [0.25, 0.3) is 0 Å². The summed E-state index contributed by atoms with van der Waals surface area (Å²) in [4.78, 5) is 91.7. The van der Waals surface area contributed by atoms with Crippen molar-refractivity contribution in [2.45, 2.75) is 70.2 Å². The summed E-state index contributed by atoms with van der Waals surface area (Å²) < 4.78 is 40.6. The van der Waals surface area contributed by atoms with Crippen molar-refractivity contribution in [1.82, 2.24) is 5.32 Å². The summed E-state index contributed by atoms with van der Waals surface area (Å²) in [5.74, 6) is -0.537. The first kappa shape index (κ1) is 57.0. The van der Waals surface area contributed by atoms with E-state index in [9.17, 15) is 37.7 Å². The van der Waals surface area contributed by atoms with E-state index in [0.717, 1.165) is 59.2 Å². The van der Waals surface area contributed by atoms with Crippen LogP contribution in [0.4, 0.5) is 27.1 Å². The molecule has 5 amide bonds. The highest BCUT2D eigenvalue weighted by molar-refractivity contribution is 7.51. The number of nitrogens with one attached hydrogen (secondary N) is 1. The number of fused-ring (bicyclic) bond motifs is 2. The van der Waals surface area contributed by atoms with Crippen LogP contribution in [0.2, 0.25) is 0 Å². The zero-order valence-electron chi connectivity index (χ0n) is 38.8. The highest BCUT2D eigenvalue weighted by Crippen LogP contribution is 2.42. The molecular formula is C47H54Cl3FN5O13P. The van der Waals surface area contributed by atoms with Crippen LogP contribution in [0.3, 0.4) is 0 Å². The summed E-state index contributed by atoms with van der Waals surface area (Å²) in [6.45, 7) is 6.03. The molecule has 4 N–H and O–H groups in total. The Balaban J connectivity index is 0.000000215. The zero-order valence-corrected chi connectivity index (χ0v) is 42.0. The fourth-order valence-corrected chi connectivity index (χ4v) is 8.44. The van der Waals surface area contributed by atoms with Crippen LogP contribution in [0.1, 0.15) is 57.6 Å². The second-order valence-corrected chi connectivity index (χ2v) is 18.6. The number of carbonyl (C=O) groups is 6. The summed E-state index contributed by atoms with van der Waals surface area (Å²) in [7, 11) is -2.52. The third-order valence-corrected chi connectivity index (χ3v) is 12.1. The second-order valence-electron chi connectivity index (χ2n) is 15.6. The van der Waals surface area contributed by atoms with E-state index >= 15 is 0 Å². The van der Waals surface area contributed by atoms with Gasteiger partial charge in [-0.25, -0.2) is 9.29 Å². The molecule has 3 aromatic rings. The van der Waals surface area contributed by atoms with Gasteiger partial charge in [0, 0.05) is 24.3 Å². The Morgan fingerprint density at radius 2 is 1.57 bits per heavy atom. The Kier molecular flexibility index (Phi) is 21.7. The van der Waals surface area contributed by atoms with E-state index in [0.29, 0.717) is 36.3 Å². The Hall–Kier alpha value is -5.55. The first-order valence-electron chi connectivity index (χ1n) is 21.8. The number of hydrogen-bond acceptors (Lipinski definition) is 11. The smallest absolute Gasteiger partial charge is 0.339 e. The lowest BCUT2D eigenvalue weighted by Gasteiger charge is -2.35. The summed E-state index contributed by atoms with van der Waals surface area (Å²) in [5.41, 5.74) is 4.95. The van der Waals surface area contributed by atoms with Gasteiger partial charge in [-0.05, 0) is 74.8 Å². The minimum absolute atomic E-state index is 0.0170. The van der Waals surface area contributed by atoms with Crippen LogP contribution in [0.5, 0.6) is 11.5 Å². The highest BCUT2D eigenvalue weighted by atomic mass is 35.5. The number of hydrogen-bond donors (Lipinski definition) is 4. The molecule has 0 saturated carbocycles. The van der Waals surface area contributed by atoms with Crippen LogP contribution >= 0.6 is 42.4 Å². The number of aryl methyl sites for hydroxylation is 2. The number of halogens is 4. The number of rotatable bonds is 13. The standard InChI is InChI=1S/C19H15FN2O4.C14H20ClNO2.C11H11Cl2NO2.C3H8NO5P/c1-2-7-21-15-9-14(13(20)8-16(15)26-10-17(21)23)22-18(24)11-5-3-4-6-12(11)19(22)25;1-4-11-7-6-8-12(5-2)14(11)16(10-18-3)13(17)9-15;1-7-6-16-9-5-3-2-4-8(9)14(7)11(15)10(12)13;5-3(6)1-4-2-10(7,8)9/h1,8-9H,3-7,10H2;6-8H,4-5,9-10H2,1-3H3;2-5,7,10H,6H2,1H3;4H,1-2H2,(H,5,6)(H2,7,8,9). The number of anilines is 4. The Labute approximate surface area is 419 Å². The molecule has 70 heavy (non-hydrogen) atoms. The third kappa shape index (κ3) is 14.5. The number of aliphatic carboxylic acids is 1. The molecule has 3 aliphatic heterocycles. The first-order valence-corrected chi connectivity index (χ1v) is 25.0. The van der Waals surface area contributed by atoms with Gasteiger partial charge >= 0.3 is 13.6 Å². The van der Waals surface area contributed by atoms with Gasteiger partial charge in [0.05, 0.1) is 48.2 Å². The predicted molar refractivity (Wildman–Crippen MR) is 263 cm³/mol. The SMILES string of the molecule is C#CCN1C(=O)COc2cc(F)c(N3C(=O)C4=C(CCCC4)C3=O)cc21.CC1COc2ccccc2N1C(=O)C(Cl)Cl.CCc1cccc(CC)c1N(COC)C(=O)CCl.O=C(O)CNCP(=O)(O)O. The minimum Gasteiger partial charge on any atom is -0.489 e. The number of methoxy groups -OCH3 is 1. The number of ether oxygens (including phenoxy) is 3. The average molecular weight is 1050 g/mol. The number of amides is 5. The van der Waals surface area contributed by atoms with Crippen molar-refractivity contribution in [3.63, 3.8) is 0 Å². The molecule has 7 rings (SSSR count). The molecule has 18 nitrogen and oxygen atoms in total. The third-order valence-electron chi connectivity index (χ3n) is 10.8. The number of nitrogens with zero attached hydrogens (tertiary/aromatic N) is 4. The summed E-state index contributed by atoms with van der Waals surface area (Å²) in [5, 5.41) is 10.1. The molecule has 0 saturated heterocycles. The lowest BCUT2D eigenvalue weighted by molar-refractivity contribution is -0.136. The van der Waals surface area contributed by atoms with Crippen LogP contribution in [0.15, 0.2) is 65.7 Å². The maximum Gasteiger partial charge on any atom is 0.339 e. The van der Waals surface area contributed by atoms with Crippen molar-refractivity contribution >= 4 is 101 Å². The van der Waals surface area contributed by atoms with E-state index in [-0.39, 0.29) is 66.7 Å². The van der Waals surface area contributed by atoms with Gasteiger partial charge in [0.1, 0.15) is 30.7 Å². The molecule has 1 aliphatic carbocycles. The molecule has 0 fully saturated rings. The van der Waals surface area contributed by atoms with Gasteiger partial charge in [-0.3, -0.25) is 48.4 Å². The molecule has 1 unspecified atom stereocenters. The molecule has 4 aliphatic rings. The van der Waals surface area contributed by atoms with Crippen LogP contribution in [-0.2, 0) is 50.9 Å². The Bertz CT molecular complexity index is 2500. The average Bonchev–Trinajstić information content (AvgIpc) is 3.58. The van der Waals surface area contributed by atoms with Gasteiger partial charge in [-0.15, -0.1) is 18.0 Å². The molecule has 3 heterocycles. The molecule has 0 aromatic heterocycles. The van der Waals surface area contributed by atoms with Crippen LogP contribution in [-0.4, -0.2) is 114 Å². The maximum absolute atomic E-state index is 14.7. The fourth-order valence-electron chi connectivity index (χ4n) is 7.68. The van der Waals surface area contributed by atoms with Crippen LogP contribution < -0.4 is 34.4 Å². The van der Waals surface area contributed by atoms with Gasteiger partial charge in [0.25, 0.3) is 23.6 Å². The van der Waals surface area contributed by atoms with Crippen molar-refractivity contribution < 1.29 is 66.8 Å². The molecule has 0 spiro atoms. The Morgan fingerprint density at radius 1 is 0.957 bits per heavy atom. The van der Waals surface area contributed by atoms with E-state index in [2.05, 4.69) is 25.1 Å². The van der Waals surface area contributed by atoms with Crippen LogP contribution in [0, 0.1) is 18.2 Å². The predicted octanol–water partition coefficient (Wildman–Crippen LogP) is 6.32. The summed E-state index contributed by atoms with van der Waals surface area (Å²) in [6.07, 6.45) is 9.16. The van der Waals surface area contributed by atoms with Gasteiger partial charge in [0.15, 0.2) is 17.3 Å². The number of carboxylic acid groups (broad SMARTS) is 1. The van der Waals surface area contributed by atoms with E-state index in [1.165, 1.54) is 11.0 Å². The normalized spacial score (nSPS) is 15.9. The molecular weight excluding hydrogens is 999 g/mol. The lowest BCUT2D eigenvalue weighted by Crippen LogP contribution is -2.47. The van der Waals surface area contributed by atoms with Gasteiger partial charge in [-0.1, -0.05) is 73.3 Å². The second kappa shape index (κ2) is 26.6. The van der Waals surface area contributed by atoms with Crippen molar-refractivity contribution in [1.29, 1.82) is 0 Å². The number of alkyl halides is 3. The number of carboxylic acids is 1. The van der Waals surface area contributed by atoms with E-state index in [1.807, 2.05) is 49.4 Å². The molecule has 378 valence electrons. The van der Waals surface area contributed by atoms with E-state index < -0.39 is 48.9 Å². The zero-order chi connectivity index (χ0) is 51.9. The van der Waals surface area contributed by atoms with Crippen molar-refractivity contribution in [2.24, 2.45) is 0 Å². The molecule has 0 radical (unpaired) electrons. The quantitative estimate of drug-likeness (QED) is 0.0483. The van der Waals surface area contributed by atoms with E-state index in [4.69, 9.17) is 70.3 Å². The Morgan fingerprint density at radius 3 is 2.10 bits per heavy atom. The van der Waals surface area contributed by atoms with Crippen molar-refractivity contribution in [2.75, 3.05) is 71.9 Å². The van der Waals surface area contributed by atoms with Gasteiger partial charge < -0.3 is 34.0 Å². The summed E-state index contributed by atoms with van der Waals surface area (Å²) in [6, 6.07) is 15.7. The monoisotopic (exact) mass is 1050 g/mol. The highest BCUT2D eigenvalue weighted by Gasteiger charge is 2.42. The lowest BCUT2D eigenvalue weighted by atomic mass is 9.93. The topological polar surface area (TPSA) is 233 Å². The minimum atomic E-state index is -4.10.